The van der Waals surface area contributed by atoms with Gasteiger partial charge < -0.3 is 19.7 Å². The Bertz CT molecular complexity index is 649. The Labute approximate surface area is 145 Å². The van der Waals surface area contributed by atoms with Crippen molar-refractivity contribution in [1.29, 1.82) is 0 Å². The minimum Gasteiger partial charge on any atom is -0.434 e. The van der Waals surface area contributed by atoms with E-state index in [9.17, 15) is 14.0 Å². The first-order chi connectivity index (χ1) is 12.1. The fourth-order valence-electron chi connectivity index (χ4n) is 2.90. The molecule has 136 valence electrons. The molecule has 8 heteroatoms. The highest BCUT2D eigenvalue weighted by Crippen LogP contribution is 2.28. The summed E-state index contributed by atoms with van der Waals surface area (Å²) in [6.45, 7) is 4.91. The van der Waals surface area contributed by atoms with Crippen LogP contribution < -0.4 is 15.1 Å². The van der Waals surface area contributed by atoms with Crippen molar-refractivity contribution in [3.63, 3.8) is 0 Å². The number of ether oxygens (including phenoxy) is 2. The molecule has 1 aromatic carbocycles. The van der Waals surface area contributed by atoms with E-state index in [1.807, 2.05) is 11.8 Å². The molecular formula is C17H22FN3O4. The van der Waals surface area contributed by atoms with Gasteiger partial charge in [-0.3, -0.25) is 9.69 Å². The zero-order valence-electron chi connectivity index (χ0n) is 14.2. The number of nitrogens with one attached hydrogen (secondary N) is 1. The molecule has 7 nitrogen and oxygen atoms in total. The third kappa shape index (κ3) is 3.84. The van der Waals surface area contributed by atoms with E-state index in [0.29, 0.717) is 44.2 Å². The maximum atomic E-state index is 14.5. The second kappa shape index (κ2) is 7.69. The van der Waals surface area contributed by atoms with Crippen molar-refractivity contribution >= 4 is 23.4 Å². The molecule has 1 N–H and O–H groups in total. The third-order valence-corrected chi connectivity index (χ3v) is 4.25. The second-order valence-electron chi connectivity index (χ2n) is 6.01. The van der Waals surface area contributed by atoms with Crippen LogP contribution in [0.2, 0.25) is 0 Å². The number of morpholine rings is 1. The highest BCUT2D eigenvalue weighted by atomic mass is 19.1. The molecule has 0 bridgehead atoms. The number of carbonyl (C=O) groups excluding carboxylic acids is 2. The molecule has 0 aliphatic carbocycles. The first kappa shape index (κ1) is 17.5. The number of cyclic esters (lactones) is 1. The molecule has 0 spiro atoms. The first-order valence-electron chi connectivity index (χ1n) is 8.48. The topological polar surface area (TPSA) is 71.1 Å². The standard InChI is InChI=1S/C17H22FN3O4/c1-2-5-19-16(22)15-11-21(17(23)25-15)12-3-4-14(13(18)10-12)20-6-8-24-9-7-20/h3-4,10,15H,2,5-9,11H2,1H3,(H,19,22)/t15-/m1/s1. The summed E-state index contributed by atoms with van der Waals surface area (Å²) in [6.07, 6.45) is -0.721. The lowest BCUT2D eigenvalue weighted by atomic mass is 10.2. The van der Waals surface area contributed by atoms with Crippen LogP contribution in [0.25, 0.3) is 0 Å². The van der Waals surface area contributed by atoms with Gasteiger partial charge in [-0.2, -0.15) is 0 Å². The average molecular weight is 351 g/mol. The van der Waals surface area contributed by atoms with Gasteiger partial charge in [-0.05, 0) is 24.6 Å². The molecule has 2 aliphatic rings. The number of halogens is 1. The van der Waals surface area contributed by atoms with Crippen molar-refractivity contribution in [2.24, 2.45) is 0 Å². The molecule has 0 unspecified atom stereocenters. The van der Waals surface area contributed by atoms with E-state index in [1.54, 1.807) is 12.1 Å². The van der Waals surface area contributed by atoms with Gasteiger partial charge in [-0.25, -0.2) is 9.18 Å². The summed E-state index contributed by atoms with van der Waals surface area (Å²) < 4.78 is 24.9. The van der Waals surface area contributed by atoms with Crippen molar-refractivity contribution in [2.75, 3.05) is 49.2 Å². The maximum absolute atomic E-state index is 14.5. The van der Waals surface area contributed by atoms with E-state index in [2.05, 4.69) is 5.32 Å². The summed E-state index contributed by atoms with van der Waals surface area (Å²) >= 11 is 0. The van der Waals surface area contributed by atoms with Crippen molar-refractivity contribution in [3.05, 3.63) is 24.0 Å². The van der Waals surface area contributed by atoms with Crippen LogP contribution in [-0.4, -0.2) is 57.5 Å². The van der Waals surface area contributed by atoms with Crippen molar-refractivity contribution in [1.82, 2.24) is 5.32 Å². The van der Waals surface area contributed by atoms with Gasteiger partial charge in [-0.1, -0.05) is 6.92 Å². The van der Waals surface area contributed by atoms with Gasteiger partial charge in [0.15, 0.2) is 6.10 Å². The fraction of sp³-hybridized carbons (Fsp3) is 0.529. The predicted octanol–water partition coefficient (Wildman–Crippen LogP) is 1.51. The zero-order valence-corrected chi connectivity index (χ0v) is 14.2. The Morgan fingerprint density at radius 1 is 1.36 bits per heavy atom. The largest absolute Gasteiger partial charge is 0.434 e. The Hall–Kier alpha value is -2.35. The lowest BCUT2D eigenvalue weighted by Crippen LogP contribution is -2.38. The van der Waals surface area contributed by atoms with E-state index in [0.717, 1.165) is 6.42 Å². The zero-order chi connectivity index (χ0) is 17.8. The minimum atomic E-state index is -0.874. The summed E-state index contributed by atoms with van der Waals surface area (Å²) in [5, 5.41) is 2.69. The molecular weight excluding hydrogens is 329 g/mol. The second-order valence-corrected chi connectivity index (χ2v) is 6.01. The molecule has 1 atom stereocenters. The number of rotatable bonds is 5. The number of hydrogen-bond acceptors (Lipinski definition) is 5. The Balaban J connectivity index is 1.70. The molecule has 2 amide bonds. The SMILES string of the molecule is CCCNC(=O)[C@H]1CN(c2ccc(N3CCOCC3)c(F)c2)C(=O)O1. The predicted molar refractivity (Wildman–Crippen MR) is 90.3 cm³/mol. The minimum absolute atomic E-state index is 0.0741. The number of hydrogen-bond donors (Lipinski definition) is 1. The highest BCUT2D eigenvalue weighted by Gasteiger charge is 2.37. The summed E-state index contributed by atoms with van der Waals surface area (Å²) in [6, 6.07) is 4.62. The first-order valence-corrected chi connectivity index (χ1v) is 8.48. The summed E-state index contributed by atoms with van der Waals surface area (Å²) in [5.41, 5.74) is 0.863. The van der Waals surface area contributed by atoms with Crippen LogP contribution in [0.15, 0.2) is 18.2 Å². The Morgan fingerprint density at radius 2 is 2.12 bits per heavy atom. The van der Waals surface area contributed by atoms with Gasteiger partial charge in [0.1, 0.15) is 5.82 Å². The van der Waals surface area contributed by atoms with Gasteiger partial charge in [0, 0.05) is 19.6 Å². The van der Waals surface area contributed by atoms with E-state index >= 15 is 0 Å². The van der Waals surface area contributed by atoms with E-state index < -0.39 is 18.0 Å². The molecule has 0 saturated carbocycles. The van der Waals surface area contributed by atoms with Gasteiger partial charge in [-0.15, -0.1) is 0 Å². The lowest BCUT2D eigenvalue weighted by Gasteiger charge is -2.29. The summed E-state index contributed by atoms with van der Waals surface area (Å²) in [7, 11) is 0. The summed E-state index contributed by atoms with van der Waals surface area (Å²) in [4.78, 5) is 27.2. The van der Waals surface area contributed by atoms with Gasteiger partial charge in [0.05, 0.1) is 31.1 Å². The quantitative estimate of drug-likeness (QED) is 0.871. The van der Waals surface area contributed by atoms with Crippen LogP contribution >= 0.6 is 0 Å². The monoisotopic (exact) mass is 351 g/mol. The molecule has 0 aromatic heterocycles. The van der Waals surface area contributed by atoms with Gasteiger partial charge in [0.25, 0.3) is 5.91 Å². The van der Waals surface area contributed by atoms with Crippen LogP contribution in [-0.2, 0) is 14.3 Å². The molecule has 25 heavy (non-hydrogen) atoms. The third-order valence-electron chi connectivity index (χ3n) is 4.25. The van der Waals surface area contributed by atoms with Crippen LogP contribution in [0.3, 0.4) is 0 Å². The molecule has 0 radical (unpaired) electrons. The van der Waals surface area contributed by atoms with Crippen LogP contribution in [0.4, 0.5) is 20.6 Å². The normalized spacial score (nSPS) is 20.6. The van der Waals surface area contributed by atoms with Crippen LogP contribution in [0, 0.1) is 5.82 Å². The van der Waals surface area contributed by atoms with E-state index in [4.69, 9.17) is 9.47 Å². The highest BCUT2D eigenvalue weighted by molar-refractivity contribution is 5.95. The smallest absolute Gasteiger partial charge is 0.415 e. The molecule has 2 heterocycles. The number of amides is 2. The van der Waals surface area contributed by atoms with Crippen LogP contribution in [0.1, 0.15) is 13.3 Å². The number of benzene rings is 1. The van der Waals surface area contributed by atoms with Crippen molar-refractivity contribution < 1.29 is 23.5 Å². The molecule has 2 fully saturated rings. The maximum Gasteiger partial charge on any atom is 0.415 e. The number of carbonyl (C=O) groups is 2. The molecule has 3 rings (SSSR count). The Kier molecular flexibility index (Phi) is 5.37. The van der Waals surface area contributed by atoms with Crippen molar-refractivity contribution in [2.45, 2.75) is 19.4 Å². The molecule has 2 aliphatic heterocycles. The van der Waals surface area contributed by atoms with Crippen LogP contribution in [0.5, 0.6) is 0 Å². The van der Waals surface area contributed by atoms with E-state index in [1.165, 1.54) is 11.0 Å². The Morgan fingerprint density at radius 3 is 2.80 bits per heavy atom. The number of anilines is 2. The van der Waals surface area contributed by atoms with Gasteiger partial charge >= 0.3 is 6.09 Å². The average Bonchev–Trinajstić information content (AvgIpc) is 3.02. The molecule has 1 aromatic rings. The van der Waals surface area contributed by atoms with Gasteiger partial charge in [0.2, 0.25) is 0 Å². The number of nitrogens with zero attached hydrogens (tertiary/aromatic N) is 2. The van der Waals surface area contributed by atoms with Crippen molar-refractivity contribution in [3.8, 4) is 0 Å². The van der Waals surface area contributed by atoms with E-state index in [-0.39, 0.29) is 12.5 Å². The fourth-order valence-corrected chi connectivity index (χ4v) is 2.90. The molecule has 2 saturated heterocycles. The summed E-state index contributed by atoms with van der Waals surface area (Å²) in [5.74, 6) is -0.741. The lowest BCUT2D eigenvalue weighted by molar-refractivity contribution is -0.127.